The number of rotatable bonds is 5. The Bertz CT molecular complexity index is 244. The van der Waals surface area contributed by atoms with Gasteiger partial charge in [-0.05, 0) is 11.4 Å². The lowest BCUT2D eigenvalue weighted by Crippen LogP contribution is -2.04. The van der Waals surface area contributed by atoms with E-state index < -0.39 is 0 Å². The normalized spacial score (nSPS) is 9.75. The summed E-state index contributed by atoms with van der Waals surface area (Å²) in [5, 5.41) is 1.83. The zero-order chi connectivity index (χ0) is 8.81. The molecule has 1 rings (SSSR count). The first-order valence-corrected chi connectivity index (χ1v) is 4.41. The van der Waals surface area contributed by atoms with Crippen molar-refractivity contribution >= 4 is 17.6 Å². The molecule has 0 unspecified atom stereocenters. The van der Waals surface area contributed by atoms with Crippen molar-refractivity contribution in [3.05, 3.63) is 16.3 Å². The topological polar surface area (TPSA) is 35.5 Å². The number of methoxy groups -OCH3 is 1. The lowest BCUT2D eigenvalue weighted by Gasteiger charge is -2.02. The van der Waals surface area contributed by atoms with Crippen LogP contribution in [0.4, 0.5) is 0 Å². The Labute approximate surface area is 74.9 Å². The predicted octanol–water partition coefficient (Wildman–Crippen LogP) is 1.59. The molecule has 4 heteroatoms. The van der Waals surface area contributed by atoms with Gasteiger partial charge in [-0.1, -0.05) is 0 Å². The number of hydrogen-bond donors (Lipinski definition) is 0. The van der Waals surface area contributed by atoms with E-state index in [1.165, 1.54) is 11.3 Å². The number of hydrogen-bond acceptors (Lipinski definition) is 4. The highest BCUT2D eigenvalue weighted by atomic mass is 32.1. The van der Waals surface area contributed by atoms with Crippen molar-refractivity contribution in [2.24, 2.45) is 0 Å². The lowest BCUT2D eigenvalue weighted by molar-refractivity contribution is 0.111. The second kappa shape index (κ2) is 4.90. The van der Waals surface area contributed by atoms with E-state index in [-0.39, 0.29) is 0 Å². The summed E-state index contributed by atoms with van der Waals surface area (Å²) >= 11 is 1.37. The van der Waals surface area contributed by atoms with Gasteiger partial charge in [0.1, 0.15) is 17.2 Å². The Balaban J connectivity index is 2.45. The summed E-state index contributed by atoms with van der Waals surface area (Å²) < 4.78 is 10.1. The third-order valence-corrected chi connectivity index (χ3v) is 2.13. The second-order valence-corrected chi connectivity index (χ2v) is 3.06. The number of ether oxygens (including phenoxy) is 2. The van der Waals surface area contributed by atoms with Gasteiger partial charge in [0.05, 0.1) is 6.61 Å². The summed E-state index contributed by atoms with van der Waals surface area (Å²) in [5.74, 6) is 0.645. The Morgan fingerprint density at radius 2 is 2.42 bits per heavy atom. The van der Waals surface area contributed by atoms with Gasteiger partial charge in [-0.3, -0.25) is 4.79 Å². The molecule has 0 spiro atoms. The van der Waals surface area contributed by atoms with Crippen molar-refractivity contribution in [1.29, 1.82) is 0 Å². The molecule has 0 aliphatic carbocycles. The molecule has 0 radical (unpaired) electrons. The first-order chi connectivity index (χ1) is 5.88. The van der Waals surface area contributed by atoms with Crippen molar-refractivity contribution in [2.45, 2.75) is 0 Å². The fraction of sp³-hybridized carbons (Fsp3) is 0.375. The third-order valence-electron chi connectivity index (χ3n) is 1.31. The standard InChI is InChI=1S/C8H10O3S/c1-10-3-4-11-7-2-5-12-8(7)6-9/h2,5-6H,3-4H2,1H3. The molecular weight excluding hydrogens is 176 g/mol. The van der Waals surface area contributed by atoms with Gasteiger partial charge >= 0.3 is 0 Å². The highest BCUT2D eigenvalue weighted by Crippen LogP contribution is 2.22. The maximum atomic E-state index is 10.4. The molecule has 0 aliphatic rings. The van der Waals surface area contributed by atoms with Gasteiger partial charge in [0.25, 0.3) is 0 Å². The van der Waals surface area contributed by atoms with E-state index in [1.807, 2.05) is 5.38 Å². The van der Waals surface area contributed by atoms with Crippen LogP contribution in [0.2, 0.25) is 0 Å². The SMILES string of the molecule is COCCOc1ccsc1C=O. The molecular formula is C8H10O3S. The molecule has 0 bridgehead atoms. The molecule has 1 heterocycles. The molecule has 66 valence electrons. The molecule has 1 aromatic rings. The summed E-state index contributed by atoms with van der Waals surface area (Å²) in [6.45, 7) is 1.02. The van der Waals surface area contributed by atoms with E-state index in [0.29, 0.717) is 23.8 Å². The average Bonchev–Trinajstić information content (AvgIpc) is 2.52. The van der Waals surface area contributed by atoms with Crippen molar-refractivity contribution in [1.82, 2.24) is 0 Å². The Hall–Kier alpha value is -0.870. The van der Waals surface area contributed by atoms with E-state index in [0.717, 1.165) is 6.29 Å². The summed E-state index contributed by atoms with van der Waals surface area (Å²) in [4.78, 5) is 11.1. The van der Waals surface area contributed by atoms with Crippen LogP contribution in [0.25, 0.3) is 0 Å². The highest BCUT2D eigenvalue weighted by molar-refractivity contribution is 7.12. The summed E-state index contributed by atoms with van der Waals surface area (Å²) in [5.41, 5.74) is 0. The molecule has 0 aliphatic heterocycles. The third kappa shape index (κ3) is 2.32. The van der Waals surface area contributed by atoms with Crippen LogP contribution in [0.5, 0.6) is 5.75 Å². The van der Waals surface area contributed by atoms with Crippen LogP contribution in [0.15, 0.2) is 11.4 Å². The van der Waals surface area contributed by atoms with Crippen molar-refractivity contribution in [2.75, 3.05) is 20.3 Å². The van der Waals surface area contributed by atoms with Crippen LogP contribution in [0.1, 0.15) is 9.67 Å². The predicted molar refractivity (Wildman–Crippen MR) is 47.1 cm³/mol. The summed E-state index contributed by atoms with van der Waals surface area (Å²) in [6.07, 6.45) is 0.798. The molecule has 0 saturated carbocycles. The van der Waals surface area contributed by atoms with Gasteiger partial charge in [0, 0.05) is 7.11 Å². The monoisotopic (exact) mass is 186 g/mol. The first-order valence-electron chi connectivity index (χ1n) is 3.53. The minimum atomic E-state index is 0.480. The Morgan fingerprint density at radius 1 is 1.58 bits per heavy atom. The van der Waals surface area contributed by atoms with Crippen LogP contribution < -0.4 is 4.74 Å². The molecule has 3 nitrogen and oxygen atoms in total. The minimum absolute atomic E-state index is 0.480. The molecule has 0 fully saturated rings. The van der Waals surface area contributed by atoms with Gasteiger partial charge in [-0.25, -0.2) is 0 Å². The van der Waals surface area contributed by atoms with Crippen LogP contribution >= 0.6 is 11.3 Å². The highest BCUT2D eigenvalue weighted by Gasteiger charge is 2.02. The molecule has 0 aromatic carbocycles. The Morgan fingerprint density at radius 3 is 3.08 bits per heavy atom. The van der Waals surface area contributed by atoms with Gasteiger partial charge < -0.3 is 9.47 Å². The lowest BCUT2D eigenvalue weighted by atomic mass is 10.4. The second-order valence-electron chi connectivity index (χ2n) is 2.11. The fourth-order valence-electron chi connectivity index (χ4n) is 0.749. The number of carbonyl (C=O) groups excluding carboxylic acids is 1. The molecule has 0 saturated heterocycles. The average molecular weight is 186 g/mol. The minimum Gasteiger partial charge on any atom is -0.490 e. The van der Waals surface area contributed by atoms with E-state index in [4.69, 9.17) is 9.47 Å². The van der Waals surface area contributed by atoms with E-state index in [2.05, 4.69) is 0 Å². The summed E-state index contributed by atoms with van der Waals surface area (Å²) in [7, 11) is 1.61. The van der Waals surface area contributed by atoms with Crippen LogP contribution in [0.3, 0.4) is 0 Å². The molecule has 0 amide bonds. The van der Waals surface area contributed by atoms with E-state index in [9.17, 15) is 4.79 Å². The maximum absolute atomic E-state index is 10.4. The number of carbonyl (C=O) groups is 1. The largest absolute Gasteiger partial charge is 0.490 e. The van der Waals surface area contributed by atoms with Crippen molar-refractivity contribution < 1.29 is 14.3 Å². The number of thiophene rings is 1. The van der Waals surface area contributed by atoms with E-state index >= 15 is 0 Å². The van der Waals surface area contributed by atoms with E-state index in [1.54, 1.807) is 13.2 Å². The molecule has 1 aromatic heterocycles. The molecule has 0 atom stereocenters. The number of aldehydes is 1. The molecule has 0 N–H and O–H groups in total. The van der Waals surface area contributed by atoms with Crippen molar-refractivity contribution in [3.8, 4) is 5.75 Å². The van der Waals surface area contributed by atoms with Gasteiger partial charge in [-0.2, -0.15) is 0 Å². The summed E-state index contributed by atoms with van der Waals surface area (Å²) in [6, 6.07) is 1.78. The van der Waals surface area contributed by atoms with Gasteiger partial charge in [0.15, 0.2) is 6.29 Å². The van der Waals surface area contributed by atoms with Crippen LogP contribution in [-0.4, -0.2) is 26.6 Å². The molecule has 12 heavy (non-hydrogen) atoms. The fourth-order valence-corrected chi connectivity index (χ4v) is 1.39. The van der Waals surface area contributed by atoms with Gasteiger partial charge in [-0.15, -0.1) is 11.3 Å². The van der Waals surface area contributed by atoms with Crippen LogP contribution in [-0.2, 0) is 4.74 Å². The smallest absolute Gasteiger partial charge is 0.163 e. The maximum Gasteiger partial charge on any atom is 0.163 e. The van der Waals surface area contributed by atoms with Gasteiger partial charge in [0.2, 0.25) is 0 Å². The Kier molecular flexibility index (Phi) is 3.76. The first kappa shape index (κ1) is 9.22. The van der Waals surface area contributed by atoms with Crippen molar-refractivity contribution in [3.63, 3.8) is 0 Å². The zero-order valence-corrected chi connectivity index (χ0v) is 7.60. The zero-order valence-electron chi connectivity index (χ0n) is 6.78. The quantitative estimate of drug-likeness (QED) is 0.517. The van der Waals surface area contributed by atoms with Crippen LogP contribution in [0, 0.1) is 0 Å².